The first-order valence-electron chi connectivity index (χ1n) is 7.96. The molecule has 0 radical (unpaired) electrons. The van der Waals surface area contributed by atoms with Crippen molar-refractivity contribution in [3.8, 4) is 5.75 Å². The van der Waals surface area contributed by atoms with Crippen LogP contribution in [0.25, 0.3) is 0 Å². The lowest BCUT2D eigenvalue weighted by Crippen LogP contribution is -2.26. The molecule has 0 aromatic heterocycles. The van der Waals surface area contributed by atoms with Gasteiger partial charge in [0.05, 0.1) is 25.0 Å². The molecule has 0 atom stereocenters. The molecule has 27 heavy (non-hydrogen) atoms. The molecule has 148 valence electrons. The maximum atomic E-state index is 14.5. The number of rotatable bonds is 5. The molecule has 0 aliphatic carbocycles. The lowest BCUT2D eigenvalue weighted by Gasteiger charge is -2.19. The number of methoxy groups -OCH3 is 1. The quantitative estimate of drug-likeness (QED) is 0.662. The Labute approximate surface area is 174 Å². The summed E-state index contributed by atoms with van der Waals surface area (Å²) in [6, 6.07) is 8.51. The predicted octanol–water partition coefficient (Wildman–Crippen LogP) is 4.03. The third kappa shape index (κ3) is 5.62. The molecule has 0 saturated carbocycles. The number of anilines is 2. The summed E-state index contributed by atoms with van der Waals surface area (Å²) in [6.07, 6.45) is 0.614. The minimum Gasteiger partial charge on any atom is -0.495 e. The molecule has 1 aliphatic heterocycles. The number of fused-ring (bicyclic) bond motifs is 1. The smallest absolute Gasteiger partial charge is 0.243 e. The van der Waals surface area contributed by atoms with Crippen LogP contribution in [-0.4, -0.2) is 26.1 Å². The van der Waals surface area contributed by atoms with Crippen LogP contribution in [0.2, 0.25) is 5.02 Å². The first-order valence-corrected chi connectivity index (χ1v) is 8.34. The summed E-state index contributed by atoms with van der Waals surface area (Å²) in [5.74, 6) is -0.132. The van der Waals surface area contributed by atoms with Crippen LogP contribution in [0.1, 0.15) is 11.1 Å². The van der Waals surface area contributed by atoms with Crippen LogP contribution in [0, 0.1) is 5.82 Å². The fraction of sp³-hybridized carbons (Fsp3) is 0.278. The van der Waals surface area contributed by atoms with E-state index in [4.69, 9.17) is 16.3 Å². The Bertz CT molecular complexity index is 806. The topological polar surface area (TPSA) is 62.4 Å². The van der Waals surface area contributed by atoms with Crippen LogP contribution in [0.5, 0.6) is 5.75 Å². The van der Waals surface area contributed by atoms with Crippen molar-refractivity contribution in [2.75, 3.05) is 30.8 Å². The zero-order chi connectivity index (χ0) is 17.8. The monoisotopic (exact) mass is 435 g/mol. The van der Waals surface area contributed by atoms with Crippen molar-refractivity contribution in [3.63, 3.8) is 0 Å². The number of amides is 1. The molecule has 3 N–H and O–H groups in total. The Morgan fingerprint density at radius 2 is 2.04 bits per heavy atom. The van der Waals surface area contributed by atoms with Gasteiger partial charge in [-0.2, -0.15) is 0 Å². The van der Waals surface area contributed by atoms with Crippen LogP contribution < -0.4 is 20.7 Å². The van der Waals surface area contributed by atoms with E-state index in [-0.39, 0.29) is 48.8 Å². The lowest BCUT2D eigenvalue weighted by atomic mass is 9.99. The maximum Gasteiger partial charge on any atom is 0.243 e. The molecule has 1 heterocycles. The molecular formula is C18H21Cl3FN3O2. The number of halogens is 4. The summed E-state index contributed by atoms with van der Waals surface area (Å²) in [5, 5.41) is 9.29. The Morgan fingerprint density at radius 3 is 2.78 bits per heavy atom. The van der Waals surface area contributed by atoms with Gasteiger partial charge in [-0.25, -0.2) is 4.39 Å². The zero-order valence-corrected chi connectivity index (χ0v) is 17.0. The summed E-state index contributed by atoms with van der Waals surface area (Å²) >= 11 is 5.96. The third-order valence-electron chi connectivity index (χ3n) is 4.08. The summed E-state index contributed by atoms with van der Waals surface area (Å²) in [5.41, 5.74) is 2.40. The van der Waals surface area contributed by atoms with Gasteiger partial charge in [0, 0.05) is 11.6 Å². The first kappa shape index (κ1) is 23.3. The van der Waals surface area contributed by atoms with Gasteiger partial charge in [0.15, 0.2) is 0 Å². The van der Waals surface area contributed by atoms with Crippen molar-refractivity contribution >= 4 is 53.7 Å². The third-order valence-corrected chi connectivity index (χ3v) is 4.32. The minimum absolute atomic E-state index is 0. The van der Waals surface area contributed by atoms with E-state index in [0.717, 1.165) is 12.1 Å². The molecule has 0 saturated heterocycles. The number of carbonyl (C=O) groups excluding carboxylic acids is 1. The van der Waals surface area contributed by atoms with Crippen molar-refractivity contribution < 1.29 is 13.9 Å². The molecule has 2 aromatic carbocycles. The lowest BCUT2D eigenvalue weighted by molar-refractivity contribution is -0.114. The molecule has 1 aliphatic rings. The largest absolute Gasteiger partial charge is 0.495 e. The second-order valence-corrected chi connectivity index (χ2v) is 6.17. The van der Waals surface area contributed by atoms with E-state index in [1.54, 1.807) is 24.3 Å². The van der Waals surface area contributed by atoms with E-state index in [0.29, 0.717) is 35.0 Å². The van der Waals surface area contributed by atoms with Gasteiger partial charge >= 0.3 is 0 Å². The average Bonchev–Trinajstić information content (AvgIpc) is 2.63. The minimum atomic E-state index is -0.354. The number of hydrogen-bond acceptors (Lipinski definition) is 4. The summed E-state index contributed by atoms with van der Waals surface area (Å²) in [4.78, 5) is 12.2. The molecule has 0 bridgehead atoms. The Hall–Kier alpha value is -1.73. The standard InChI is InChI=1S/C18H19ClFN3O2.2ClH/c1-25-16-5-3-12(19)8-15(16)22-10-17(24)23-14-4-2-11-9-21-7-6-13(11)18(14)20;;/h2-5,8,21-22H,6-7,9-10H2,1H3,(H,23,24);2*1H. The van der Waals surface area contributed by atoms with E-state index in [9.17, 15) is 9.18 Å². The molecular weight excluding hydrogens is 416 g/mol. The summed E-state index contributed by atoms with van der Waals surface area (Å²) in [7, 11) is 1.53. The molecule has 2 aromatic rings. The molecule has 5 nitrogen and oxygen atoms in total. The normalized spacial score (nSPS) is 12.1. The molecule has 0 fully saturated rings. The van der Waals surface area contributed by atoms with Gasteiger partial charge in [-0.05, 0) is 48.4 Å². The van der Waals surface area contributed by atoms with Gasteiger partial charge in [0.1, 0.15) is 11.6 Å². The molecule has 9 heteroatoms. The summed E-state index contributed by atoms with van der Waals surface area (Å²) < 4.78 is 19.8. The van der Waals surface area contributed by atoms with Crippen LogP contribution in [0.15, 0.2) is 30.3 Å². The van der Waals surface area contributed by atoms with Crippen molar-refractivity contribution in [1.29, 1.82) is 0 Å². The highest BCUT2D eigenvalue weighted by Gasteiger charge is 2.17. The van der Waals surface area contributed by atoms with Crippen molar-refractivity contribution in [2.45, 2.75) is 13.0 Å². The second kappa shape index (κ2) is 10.6. The fourth-order valence-electron chi connectivity index (χ4n) is 2.82. The van der Waals surface area contributed by atoms with Crippen LogP contribution in [0.4, 0.5) is 15.8 Å². The second-order valence-electron chi connectivity index (χ2n) is 5.74. The van der Waals surface area contributed by atoms with E-state index < -0.39 is 0 Å². The van der Waals surface area contributed by atoms with Gasteiger partial charge in [0.25, 0.3) is 0 Å². The van der Waals surface area contributed by atoms with Crippen LogP contribution in [0.3, 0.4) is 0 Å². The van der Waals surface area contributed by atoms with E-state index in [2.05, 4.69) is 16.0 Å². The summed E-state index contributed by atoms with van der Waals surface area (Å²) in [6.45, 7) is 1.35. The number of carbonyl (C=O) groups is 1. The van der Waals surface area contributed by atoms with Gasteiger partial charge in [-0.3, -0.25) is 4.79 Å². The predicted molar refractivity (Wildman–Crippen MR) is 111 cm³/mol. The number of hydrogen-bond donors (Lipinski definition) is 3. The highest BCUT2D eigenvalue weighted by Crippen LogP contribution is 2.28. The van der Waals surface area contributed by atoms with Crippen LogP contribution >= 0.6 is 36.4 Å². The Kier molecular flexibility index (Phi) is 9.12. The van der Waals surface area contributed by atoms with Gasteiger partial charge in [-0.1, -0.05) is 17.7 Å². The van der Waals surface area contributed by atoms with Crippen molar-refractivity contribution in [3.05, 3.63) is 52.3 Å². The molecule has 3 rings (SSSR count). The van der Waals surface area contributed by atoms with E-state index >= 15 is 0 Å². The van der Waals surface area contributed by atoms with Crippen LogP contribution in [-0.2, 0) is 17.8 Å². The Morgan fingerprint density at radius 1 is 1.26 bits per heavy atom. The Balaban J connectivity index is 0.00000182. The van der Waals surface area contributed by atoms with E-state index in [1.807, 2.05) is 6.07 Å². The average molecular weight is 437 g/mol. The molecule has 1 amide bonds. The van der Waals surface area contributed by atoms with Gasteiger partial charge in [-0.15, -0.1) is 24.8 Å². The number of nitrogens with one attached hydrogen (secondary N) is 3. The van der Waals surface area contributed by atoms with Gasteiger partial charge < -0.3 is 20.7 Å². The SMILES string of the molecule is COc1ccc(Cl)cc1NCC(=O)Nc1ccc2c(c1F)CCNC2.Cl.Cl. The highest BCUT2D eigenvalue weighted by molar-refractivity contribution is 6.30. The molecule has 0 unspecified atom stereocenters. The van der Waals surface area contributed by atoms with E-state index in [1.165, 1.54) is 7.11 Å². The zero-order valence-electron chi connectivity index (χ0n) is 14.6. The molecule has 0 spiro atoms. The number of ether oxygens (including phenoxy) is 1. The first-order chi connectivity index (χ1) is 12.1. The van der Waals surface area contributed by atoms with Crippen molar-refractivity contribution in [1.82, 2.24) is 5.32 Å². The fourth-order valence-corrected chi connectivity index (χ4v) is 2.99. The van der Waals surface area contributed by atoms with Crippen molar-refractivity contribution in [2.24, 2.45) is 0 Å². The highest BCUT2D eigenvalue weighted by atomic mass is 35.5. The number of benzene rings is 2. The maximum absolute atomic E-state index is 14.5. The van der Waals surface area contributed by atoms with Gasteiger partial charge in [0.2, 0.25) is 5.91 Å².